The molecule has 0 aliphatic rings. The molecule has 0 aliphatic heterocycles. The molecule has 4 nitrogen and oxygen atoms in total. The molecule has 0 saturated carbocycles. The zero-order valence-corrected chi connectivity index (χ0v) is 14.3. The summed E-state index contributed by atoms with van der Waals surface area (Å²) < 4.78 is 0. The molecule has 1 amide bonds. The van der Waals surface area contributed by atoms with E-state index < -0.39 is 0 Å². The van der Waals surface area contributed by atoms with Crippen molar-refractivity contribution < 1.29 is 4.79 Å². The van der Waals surface area contributed by atoms with Crippen LogP contribution < -0.4 is 5.32 Å². The van der Waals surface area contributed by atoms with Crippen LogP contribution >= 0.6 is 23.4 Å². The Labute approximate surface area is 139 Å². The van der Waals surface area contributed by atoms with E-state index in [0.717, 1.165) is 16.3 Å². The van der Waals surface area contributed by atoms with Crippen LogP contribution in [0.2, 0.25) is 5.02 Å². The molecule has 1 N–H and O–H groups in total. The summed E-state index contributed by atoms with van der Waals surface area (Å²) in [7, 11) is 0. The Morgan fingerprint density at radius 1 is 1.32 bits per heavy atom. The maximum Gasteiger partial charge on any atom is 0.237 e. The lowest BCUT2D eigenvalue weighted by Gasteiger charge is -2.14. The van der Waals surface area contributed by atoms with Crippen molar-refractivity contribution in [2.45, 2.75) is 37.5 Å². The van der Waals surface area contributed by atoms with Crippen LogP contribution in [-0.4, -0.2) is 21.1 Å². The topological polar surface area (TPSA) is 54.9 Å². The lowest BCUT2D eigenvalue weighted by atomic mass is 10.2. The molecule has 0 fully saturated rings. The second-order valence-corrected chi connectivity index (χ2v) is 6.60. The molecule has 116 valence electrons. The normalized spacial score (nSPS) is 12.0. The average Bonchev–Trinajstić information content (AvgIpc) is 2.48. The first kappa shape index (κ1) is 16.8. The van der Waals surface area contributed by atoms with Gasteiger partial charge in [0.2, 0.25) is 5.91 Å². The molecule has 1 aromatic carbocycles. The Morgan fingerprint density at radius 3 is 2.73 bits per heavy atom. The molecule has 1 unspecified atom stereocenters. The molecule has 6 heteroatoms. The number of carbonyl (C=O) groups excluding carboxylic acids is 1. The Morgan fingerprint density at radius 2 is 2.09 bits per heavy atom. The smallest absolute Gasteiger partial charge is 0.237 e. The van der Waals surface area contributed by atoms with E-state index >= 15 is 0 Å². The predicted molar refractivity (Wildman–Crippen MR) is 91.5 cm³/mol. The van der Waals surface area contributed by atoms with E-state index in [4.69, 9.17) is 11.6 Å². The summed E-state index contributed by atoms with van der Waals surface area (Å²) in [5.74, 6) is -0.0521. The monoisotopic (exact) mass is 335 g/mol. The first-order valence-corrected chi connectivity index (χ1v) is 8.27. The Bertz CT molecular complexity index is 678. The van der Waals surface area contributed by atoms with Crippen LogP contribution in [0.1, 0.15) is 24.6 Å². The number of nitrogens with one attached hydrogen (secondary N) is 1. The summed E-state index contributed by atoms with van der Waals surface area (Å²) in [6.45, 7) is 5.81. The van der Waals surface area contributed by atoms with E-state index in [1.807, 2.05) is 39.0 Å². The van der Waals surface area contributed by atoms with Crippen LogP contribution in [0.5, 0.6) is 0 Å². The first-order chi connectivity index (χ1) is 10.5. The van der Waals surface area contributed by atoms with Crippen molar-refractivity contribution in [3.8, 4) is 0 Å². The number of benzene rings is 1. The van der Waals surface area contributed by atoms with Crippen molar-refractivity contribution in [3.05, 3.63) is 46.9 Å². The zero-order valence-electron chi connectivity index (χ0n) is 12.8. The van der Waals surface area contributed by atoms with Crippen molar-refractivity contribution in [2.75, 3.05) is 5.32 Å². The van der Waals surface area contributed by atoms with Gasteiger partial charge in [0.05, 0.1) is 5.25 Å². The van der Waals surface area contributed by atoms with E-state index in [1.165, 1.54) is 18.1 Å². The van der Waals surface area contributed by atoms with Crippen molar-refractivity contribution >= 4 is 35.0 Å². The third-order valence-electron chi connectivity index (χ3n) is 3.14. The summed E-state index contributed by atoms with van der Waals surface area (Å²) in [5, 5.41) is 4.14. The van der Waals surface area contributed by atoms with Crippen LogP contribution in [0.15, 0.2) is 35.6 Å². The van der Waals surface area contributed by atoms with Gasteiger partial charge in [0.15, 0.2) is 0 Å². The van der Waals surface area contributed by atoms with Gasteiger partial charge in [-0.05, 0) is 44.0 Å². The van der Waals surface area contributed by atoms with Gasteiger partial charge in [-0.15, -0.1) is 0 Å². The molecule has 0 aliphatic carbocycles. The van der Waals surface area contributed by atoms with Gasteiger partial charge in [-0.3, -0.25) is 4.79 Å². The van der Waals surface area contributed by atoms with Gasteiger partial charge in [-0.1, -0.05) is 36.4 Å². The number of nitrogens with zero attached hydrogens (tertiary/aromatic N) is 2. The summed E-state index contributed by atoms with van der Waals surface area (Å²) >= 11 is 7.53. The summed E-state index contributed by atoms with van der Waals surface area (Å²) in [4.78, 5) is 20.7. The molecule has 1 aromatic heterocycles. The minimum Gasteiger partial charge on any atom is -0.325 e. The fourth-order valence-electron chi connectivity index (χ4n) is 1.86. The second kappa shape index (κ2) is 7.61. The number of amides is 1. The Balaban J connectivity index is 2.06. The Kier molecular flexibility index (Phi) is 5.80. The molecular formula is C16H18ClN3OS. The van der Waals surface area contributed by atoms with Crippen LogP contribution in [0.25, 0.3) is 0 Å². The fourth-order valence-corrected chi connectivity index (χ4v) is 3.01. The van der Waals surface area contributed by atoms with Gasteiger partial charge >= 0.3 is 0 Å². The molecule has 0 saturated heterocycles. The number of aromatic nitrogens is 2. The highest BCUT2D eigenvalue weighted by molar-refractivity contribution is 8.00. The quantitative estimate of drug-likeness (QED) is 0.655. The molecule has 0 spiro atoms. The van der Waals surface area contributed by atoms with Crippen molar-refractivity contribution in [1.29, 1.82) is 0 Å². The minimum absolute atomic E-state index is 0.0521. The number of halogens is 1. The van der Waals surface area contributed by atoms with E-state index in [-0.39, 0.29) is 11.2 Å². The average molecular weight is 336 g/mol. The van der Waals surface area contributed by atoms with Gasteiger partial charge < -0.3 is 5.32 Å². The number of thioether (sulfide) groups is 1. The summed E-state index contributed by atoms with van der Waals surface area (Å²) in [6.07, 6.45) is 2.22. The van der Waals surface area contributed by atoms with Crippen LogP contribution in [0, 0.1) is 13.8 Å². The van der Waals surface area contributed by atoms with E-state index in [2.05, 4.69) is 15.3 Å². The summed E-state index contributed by atoms with van der Waals surface area (Å²) in [6, 6.07) is 7.38. The third kappa shape index (κ3) is 4.45. The highest BCUT2D eigenvalue weighted by Gasteiger charge is 2.19. The van der Waals surface area contributed by atoms with Crippen molar-refractivity contribution in [2.24, 2.45) is 0 Å². The van der Waals surface area contributed by atoms with Crippen LogP contribution in [-0.2, 0) is 4.79 Å². The molecule has 2 aromatic rings. The van der Waals surface area contributed by atoms with Gasteiger partial charge in [0.25, 0.3) is 0 Å². The molecule has 2 rings (SSSR count). The van der Waals surface area contributed by atoms with Crippen LogP contribution in [0.3, 0.4) is 0 Å². The minimum atomic E-state index is -0.214. The molecule has 1 atom stereocenters. The van der Waals surface area contributed by atoms with Gasteiger partial charge in [-0.25, -0.2) is 9.97 Å². The van der Waals surface area contributed by atoms with Gasteiger partial charge in [0, 0.05) is 16.4 Å². The molecule has 0 radical (unpaired) electrons. The number of anilines is 1. The maximum atomic E-state index is 12.4. The van der Waals surface area contributed by atoms with Gasteiger partial charge in [0.1, 0.15) is 11.4 Å². The second-order valence-electron chi connectivity index (χ2n) is 4.97. The fraction of sp³-hybridized carbons (Fsp3) is 0.312. The maximum absolute atomic E-state index is 12.4. The lowest BCUT2D eigenvalue weighted by molar-refractivity contribution is -0.115. The van der Waals surface area contributed by atoms with E-state index in [0.29, 0.717) is 17.1 Å². The predicted octanol–water partition coefficient (Wildman–Crippen LogP) is 4.26. The molecule has 22 heavy (non-hydrogen) atoms. The number of hydrogen-bond donors (Lipinski definition) is 1. The standard InChI is InChI=1S/C16H18ClN3OS/c1-4-14(22-15-7-11(3)18-9-19-15)16(21)20-12-6-5-10(2)13(17)8-12/h5-9,14H,4H2,1-3H3,(H,20,21). The van der Waals surface area contributed by atoms with Crippen molar-refractivity contribution in [3.63, 3.8) is 0 Å². The highest BCUT2D eigenvalue weighted by Crippen LogP contribution is 2.26. The summed E-state index contributed by atoms with van der Waals surface area (Å²) in [5.41, 5.74) is 2.58. The number of carbonyl (C=O) groups is 1. The molecular weight excluding hydrogens is 318 g/mol. The highest BCUT2D eigenvalue weighted by atomic mass is 35.5. The van der Waals surface area contributed by atoms with E-state index in [9.17, 15) is 4.79 Å². The number of aryl methyl sites for hydroxylation is 2. The third-order valence-corrected chi connectivity index (χ3v) is 4.85. The first-order valence-electron chi connectivity index (χ1n) is 7.02. The molecule has 1 heterocycles. The molecule has 0 bridgehead atoms. The lowest BCUT2D eigenvalue weighted by Crippen LogP contribution is -2.24. The zero-order chi connectivity index (χ0) is 16.1. The largest absolute Gasteiger partial charge is 0.325 e. The van der Waals surface area contributed by atoms with Gasteiger partial charge in [-0.2, -0.15) is 0 Å². The van der Waals surface area contributed by atoms with Crippen LogP contribution in [0.4, 0.5) is 5.69 Å². The SMILES string of the molecule is CCC(Sc1cc(C)ncn1)C(=O)Nc1ccc(C)c(Cl)c1. The van der Waals surface area contributed by atoms with Crippen molar-refractivity contribution in [1.82, 2.24) is 9.97 Å². The van der Waals surface area contributed by atoms with E-state index in [1.54, 1.807) is 6.07 Å². The number of hydrogen-bond acceptors (Lipinski definition) is 4. The number of rotatable bonds is 5. The Hall–Kier alpha value is -1.59.